The molecule has 2 aliphatic heterocycles. The van der Waals surface area contributed by atoms with Gasteiger partial charge in [0, 0.05) is 42.9 Å². The molecule has 0 unspecified atom stereocenters. The lowest BCUT2D eigenvalue weighted by atomic mass is 10.1. The molecule has 15 heteroatoms. The van der Waals surface area contributed by atoms with Crippen molar-refractivity contribution in [2.24, 2.45) is 5.16 Å². The fourth-order valence-electron chi connectivity index (χ4n) is 4.69. The third-order valence-corrected chi connectivity index (χ3v) is 10.7. The van der Waals surface area contributed by atoms with E-state index >= 15 is 0 Å². The van der Waals surface area contributed by atoms with Crippen LogP contribution in [0.3, 0.4) is 0 Å². The van der Waals surface area contributed by atoms with E-state index in [4.69, 9.17) is 14.3 Å². The lowest BCUT2D eigenvalue weighted by Gasteiger charge is -2.12. The number of benzene rings is 1. The molecule has 1 N–H and O–H groups in total. The largest absolute Gasteiger partial charge is 0.473 e. The van der Waals surface area contributed by atoms with Gasteiger partial charge in [-0.15, -0.1) is 11.3 Å². The molecule has 2 saturated heterocycles. The second-order valence-corrected chi connectivity index (χ2v) is 14.1. The SMILES string of the molecule is CN1CC[C@@H](Oc2ccc3nc(NC(=O)/C(=N/OCc4nccs4)c4ccc(S(=O)(=O)[C@H]5CCOC5)cc4)sc3n2)C1. The number of amides is 1. The van der Waals surface area contributed by atoms with Crippen molar-refractivity contribution in [3.05, 3.63) is 58.5 Å². The van der Waals surface area contributed by atoms with Crippen LogP contribution in [0, 0.1) is 0 Å². The number of hydrogen-bond donors (Lipinski definition) is 1. The lowest BCUT2D eigenvalue weighted by molar-refractivity contribution is -0.110. The Hall–Kier alpha value is -3.50. The maximum Gasteiger partial charge on any atom is 0.280 e. The van der Waals surface area contributed by atoms with E-state index in [1.165, 1.54) is 46.9 Å². The van der Waals surface area contributed by atoms with Crippen LogP contribution in [-0.4, -0.2) is 84.6 Å². The molecule has 5 heterocycles. The number of hydrogen-bond acceptors (Lipinski definition) is 13. The van der Waals surface area contributed by atoms with Crippen molar-refractivity contribution in [1.82, 2.24) is 19.9 Å². The Bertz CT molecular complexity index is 1680. The molecule has 3 aromatic heterocycles. The molecule has 0 radical (unpaired) electrons. The van der Waals surface area contributed by atoms with Crippen LogP contribution in [0.4, 0.5) is 5.13 Å². The van der Waals surface area contributed by atoms with E-state index in [9.17, 15) is 13.2 Å². The number of fused-ring (bicyclic) bond motifs is 1. The smallest absolute Gasteiger partial charge is 0.280 e. The van der Waals surface area contributed by atoms with Crippen molar-refractivity contribution in [3.63, 3.8) is 0 Å². The second kappa shape index (κ2) is 12.4. The van der Waals surface area contributed by atoms with Gasteiger partial charge in [-0.3, -0.25) is 10.1 Å². The van der Waals surface area contributed by atoms with Gasteiger partial charge in [-0.1, -0.05) is 28.6 Å². The number of likely N-dealkylation sites (N-methyl/N-ethyl adjacent to an activating group) is 1. The molecule has 220 valence electrons. The lowest BCUT2D eigenvalue weighted by Crippen LogP contribution is -2.25. The van der Waals surface area contributed by atoms with Crippen molar-refractivity contribution in [2.45, 2.75) is 35.7 Å². The van der Waals surface area contributed by atoms with Crippen LogP contribution >= 0.6 is 22.7 Å². The van der Waals surface area contributed by atoms with Crippen LogP contribution in [0.5, 0.6) is 5.88 Å². The number of thiazole rings is 2. The third-order valence-electron chi connectivity index (χ3n) is 6.91. The zero-order valence-corrected chi connectivity index (χ0v) is 25.1. The van der Waals surface area contributed by atoms with Gasteiger partial charge < -0.3 is 19.2 Å². The number of likely N-dealkylation sites (tertiary alicyclic amines) is 1. The van der Waals surface area contributed by atoms with Crippen molar-refractivity contribution >= 4 is 59.6 Å². The van der Waals surface area contributed by atoms with Crippen molar-refractivity contribution < 1.29 is 27.5 Å². The number of carbonyl (C=O) groups is 1. The first-order valence-electron chi connectivity index (χ1n) is 13.3. The average molecular weight is 629 g/mol. The highest BCUT2D eigenvalue weighted by molar-refractivity contribution is 7.92. The molecule has 0 bridgehead atoms. The molecule has 42 heavy (non-hydrogen) atoms. The molecular formula is C27H28N6O6S3. The molecule has 6 rings (SSSR count). The second-order valence-electron chi connectivity index (χ2n) is 9.93. The highest BCUT2D eigenvalue weighted by Crippen LogP contribution is 2.28. The summed E-state index contributed by atoms with van der Waals surface area (Å²) >= 11 is 2.61. The van der Waals surface area contributed by atoms with Crippen LogP contribution in [0.2, 0.25) is 0 Å². The van der Waals surface area contributed by atoms with E-state index in [1.54, 1.807) is 12.3 Å². The number of ether oxygens (including phenoxy) is 2. The maximum absolute atomic E-state index is 13.4. The van der Waals surface area contributed by atoms with E-state index in [1.807, 2.05) is 11.4 Å². The minimum Gasteiger partial charge on any atom is -0.473 e. The highest BCUT2D eigenvalue weighted by atomic mass is 32.2. The van der Waals surface area contributed by atoms with Gasteiger partial charge in [0.05, 0.1) is 16.8 Å². The molecule has 2 atom stereocenters. The van der Waals surface area contributed by atoms with E-state index in [-0.39, 0.29) is 29.9 Å². The molecule has 0 aliphatic carbocycles. The fourth-order valence-corrected chi connectivity index (χ4v) is 7.62. The summed E-state index contributed by atoms with van der Waals surface area (Å²) in [6.07, 6.45) is 3.13. The van der Waals surface area contributed by atoms with Gasteiger partial charge >= 0.3 is 0 Å². The van der Waals surface area contributed by atoms with Gasteiger partial charge in [0.2, 0.25) is 5.88 Å². The molecule has 1 amide bonds. The standard InChI is InChI=1S/C27H28N6O6S3/c1-33-11-8-18(14-33)39-22-7-6-21-26(30-22)41-27(29-21)31-25(34)24(32-38-16-23-28-10-13-40-23)17-2-4-19(5-3-17)42(35,36)20-9-12-37-15-20/h2-7,10,13,18,20H,8-9,11-12,14-16H2,1H3,(H,29,31,34)/b32-24+/t18-,20+/m1/s1. The Kier molecular flexibility index (Phi) is 8.44. The molecule has 2 fully saturated rings. The minimum absolute atomic E-state index is 0.0405. The fraction of sp³-hybridized carbons (Fsp3) is 0.370. The molecular weight excluding hydrogens is 601 g/mol. The summed E-state index contributed by atoms with van der Waals surface area (Å²) in [5.41, 5.74) is 0.959. The highest BCUT2D eigenvalue weighted by Gasteiger charge is 2.31. The number of aromatic nitrogens is 3. The normalized spacial score (nSPS) is 19.8. The predicted molar refractivity (Wildman–Crippen MR) is 159 cm³/mol. The van der Waals surface area contributed by atoms with Crippen LogP contribution in [-0.2, 0) is 30.8 Å². The summed E-state index contributed by atoms with van der Waals surface area (Å²) in [7, 11) is -1.50. The molecule has 0 saturated carbocycles. The Morgan fingerprint density at radius 2 is 2.05 bits per heavy atom. The summed E-state index contributed by atoms with van der Waals surface area (Å²) < 4.78 is 37.2. The number of oxime groups is 1. The van der Waals surface area contributed by atoms with Crippen molar-refractivity contribution in [1.29, 1.82) is 0 Å². The van der Waals surface area contributed by atoms with E-state index in [0.717, 1.165) is 19.5 Å². The van der Waals surface area contributed by atoms with Gasteiger partial charge in [-0.2, -0.15) is 0 Å². The first kappa shape index (κ1) is 28.6. The van der Waals surface area contributed by atoms with Gasteiger partial charge in [-0.25, -0.2) is 23.4 Å². The van der Waals surface area contributed by atoms with Gasteiger partial charge in [0.25, 0.3) is 5.91 Å². The van der Waals surface area contributed by atoms with E-state index in [2.05, 4.69) is 37.4 Å². The van der Waals surface area contributed by atoms with Crippen molar-refractivity contribution in [2.75, 3.05) is 38.7 Å². The summed E-state index contributed by atoms with van der Waals surface area (Å²) in [6, 6.07) is 9.60. The maximum atomic E-state index is 13.4. The summed E-state index contributed by atoms with van der Waals surface area (Å²) in [5, 5.41) is 9.14. The minimum atomic E-state index is -3.56. The Morgan fingerprint density at radius 3 is 2.76 bits per heavy atom. The number of pyridine rings is 1. The molecule has 12 nitrogen and oxygen atoms in total. The molecule has 2 aliphatic rings. The number of nitrogens with one attached hydrogen (secondary N) is 1. The quantitative estimate of drug-likeness (QED) is 0.205. The van der Waals surface area contributed by atoms with E-state index in [0.29, 0.717) is 45.0 Å². The number of carbonyl (C=O) groups excluding carboxylic acids is 1. The van der Waals surface area contributed by atoms with Crippen LogP contribution in [0.25, 0.3) is 10.3 Å². The van der Waals surface area contributed by atoms with E-state index < -0.39 is 21.0 Å². The van der Waals surface area contributed by atoms with Crippen LogP contribution in [0.1, 0.15) is 23.4 Å². The van der Waals surface area contributed by atoms with Crippen molar-refractivity contribution in [3.8, 4) is 5.88 Å². The first-order chi connectivity index (χ1) is 20.3. The predicted octanol–water partition coefficient (Wildman–Crippen LogP) is 3.35. The zero-order valence-electron chi connectivity index (χ0n) is 22.6. The van der Waals surface area contributed by atoms with Gasteiger partial charge in [0.1, 0.15) is 21.5 Å². The number of sulfone groups is 1. The Labute approximate surface area is 250 Å². The average Bonchev–Trinajstić information content (AvgIpc) is 3.80. The van der Waals surface area contributed by atoms with Crippen LogP contribution < -0.4 is 10.1 Å². The zero-order chi connectivity index (χ0) is 29.1. The summed E-state index contributed by atoms with van der Waals surface area (Å²) in [5.74, 6) is -0.0557. The molecule has 0 spiro atoms. The van der Waals surface area contributed by atoms with Gasteiger partial charge in [0.15, 0.2) is 27.3 Å². The number of rotatable bonds is 10. The molecule has 4 aromatic rings. The topological polar surface area (TPSA) is 145 Å². The Morgan fingerprint density at radius 1 is 1.19 bits per heavy atom. The monoisotopic (exact) mass is 628 g/mol. The Balaban J connectivity index is 1.21. The molecule has 1 aromatic carbocycles. The van der Waals surface area contributed by atoms with Gasteiger partial charge in [-0.05, 0) is 38.1 Å². The number of anilines is 1. The summed E-state index contributed by atoms with van der Waals surface area (Å²) in [6.45, 7) is 2.50. The summed E-state index contributed by atoms with van der Waals surface area (Å²) in [4.78, 5) is 35.1. The third kappa shape index (κ3) is 6.44. The number of nitrogens with zero attached hydrogens (tertiary/aromatic N) is 5. The van der Waals surface area contributed by atoms with Crippen LogP contribution in [0.15, 0.2) is 58.0 Å². The first-order valence-corrected chi connectivity index (χ1v) is 16.5.